The van der Waals surface area contributed by atoms with Gasteiger partial charge in [0.2, 0.25) is 5.91 Å². The average molecular weight is 238 g/mol. The van der Waals surface area contributed by atoms with Crippen molar-refractivity contribution in [3.8, 4) is 0 Å². The molecule has 0 aromatic carbocycles. The van der Waals surface area contributed by atoms with Crippen molar-refractivity contribution in [1.82, 2.24) is 5.32 Å². The van der Waals surface area contributed by atoms with Crippen LogP contribution in [0.5, 0.6) is 0 Å². The molecule has 0 saturated carbocycles. The molecule has 0 atom stereocenters. The van der Waals surface area contributed by atoms with Crippen molar-refractivity contribution in [2.75, 3.05) is 13.1 Å². The molecule has 1 heterocycles. The van der Waals surface area contributed by atoms with Gasteiger partial charge >= 0.3 is 0 Å². The van der Waals surface area contributed by atoms with E-state index in [1.165, 1.54) is 0 Å². The number of carbonyl (C=O) groups is 1. The first-order chi connectivity index (χ1) is 8.33. The molecular weight excluding hydrogens is 216 g/mol. The molecular formula is C13H22N2O2. The van der Waals surface area contributed by atoms with E-state index in [1.807, 2.05) is 12.1 Å². The number of nitrogens with one attached hydrogen (secondary N) is 1. The van der Waals surface area contributed by atoms with Gasteiger partial charge in [0.05, 0.1) is 6.26 Å². The van der Waals surface area contributed by atoms with Crippen molar-refractivity contribution in [2.45, 2.75) is 38.5 Å². The number of aryl methyl sites for hydroxylation is 1. The van der Waals surface area contributed by atoms with E-state index in [2.05, 4.69) is 5.32 Å². The van der Waals surface area contributed by atoms with Gasteiger partial charge in [0.1, 0.15) is 5.76 Å². The Morgan fingerprint density at radius 1 is 1.29 bits per heavy atom. The lowest BCUT2D eigenvalue weighted by molar-refractivity contribution is -0.121. The third-order valence-electron chi connectivity index (χ3n) is 2.63. The van der Waals surface area contributed by atoms with Gasteiger partial charge in [-0.25, -0.2) is 0 Å². The van der Waals surface area contributed by atoms with Crippen molar-refractivity contribution in [3.05, 3.63) is 24.2 Å². The average Bonchev–Trinajstić information content (AvgIpc) is 2.84. The number of nitrogens with two attached hydrogens (primary N) is 1. The Kier molecular flexibility index (Phi) is 7.14. The predicted molar refractivity (Wildman–Crippen MR) is 67.6 cm³/mol. The minimum absolute atomic E-state index is 0.0974. The predicted octanol–water partition coefficient (Wildman–Crippen LogP) is 1.85. The summed E-state index contributed by atoms with van der Waals surface area (Å²) in [5, 5.41) is 2.91. The van der Waals surface area contributed by atoms with Gasteiger partial charge in [0, 0.05) is 19.4 Å². The first-order valence-corrected chi connectivity index (χ1v) is 6.32. The number of furan rings is 1. The van der Waals surface area contributed by atoms with Gasteiger partial charge in [0.25, 0.3) is 0 Å². The second-order valence-electron chi connectivity index (χ2n) is 4.13. The maximum absolute atomic E-state index is 11.5. The Labute approximate surface area is 103 Å². The largest absolute Gasteiger partial charge is 0.469 e. The molecule has 0 saturated heterocycles. The van der Waals surface area contributed by atoms with E-state index in [9.17, 15) is 4.79 Å². The van der Waals surface area contributed by atoms with Gasteiger partial charge in [-0.3, -0.25) is 4.79 Å². The molecule has 1 aromatic heterocycles. The lowest BCUT2D eigenvalue weighted by Crippen LogP contribution is -2.24. The van der Waals surface area contributed by atoms with E-state index < -0.39 is 0 Å². The first-order valence-electron chi connectivity index (χ1n) is 6.32. The maximum atomic E-state index is 11.5. The fraction of sp³-hybridized carbons (Fsp3) is 0.615. The summed E-state index contributed by atoms with van der Waals surface area (Å²) in [7, 11) is 0. The normalized spacial score (nSPS) is 10.4. The fourth-order valence-electron chi connectivity index (χ4n) is 1.63. The minimum atomic E-state index is 0.0974. The summed E-state index contributed by atoms with van der Waals surface area (Å²) in [4.78, 5) is 11.5. The smallest absolute Gasteiger partial charge is 0.220 e. The molecule has 0 spiro atoms. The molecule has 1 amide bonds. The van der Waals surface area contributed by atoms with Crippen LogP contribution in [0.3, 0.4) is 0 Å². The van der Waals surface area contributed by atoms with Gasteiger partial charge in [0.15, 0.2) is 0 Å². The highest BCUT2D eigenvalue weighted by Crippen LogP contribution is 2.03. The molecule has 0 aliphatic carbocycles. The summed E-state index contributed by atoms with van der Waals surface area (Å²) in [6.07, 6.45) is 7.19. The first kappa shape index (κ1) is 13.8. The zero-order valence-corrected chi connectivity index (χ0v) is 10.3. The minimum Gasteiger partial charge on any atom is -0.469 e. The quantitative estimate of drug-likeness (QED) is 0.645. The zero-order chi connectivity index (χ0) is 12.3. The second kappa shape index (κ2) is 8.82. The number of unbranched alkanes of at least 4 members (excludes halogenated alkanes) is 3. The summed E-state index contributed by atoms with van der Waals surface area (Å²) < 4.78 is 5.16. The molecule has 4 heteroatoms. The molecule has 0 bridgehead atoms. The van der Waals surface area contributed by atoms with E-state index >= 15 is 0 Å². The molecule has 4 nitrogen and oxygen atoms in total. The molecule has 0 fully saturated rings. The number of carbonyl (C=O) groups excluding carboxylic acids is 1. The van der Waals surface area contributed by atoms with Crippen LogP contribution in [0, 0.1) is 0 Å². The van der Waals surface area contributed by atoms with Gasteiger partial charge < -0.3 is 15.5 Å². The van der Waals surface area contributed by atoms with Gasteiger partial charge in [-0.15, -0.1) is 0 Å². The molecule has 1 aromatic rings. The molecule has 3 N–H and O–H groups in total. The van der Waals surface area contributed by atoms with Crippen LogP contribution in [-0.4, -0.2) is 19.0 Å². The van der Waals surface area contributed by atoms with Crippen molar-refractivity contribution < 1.29 is 9.21 Å². The van der Waals surface area contributed by atoms with E-state index in [0.29, 0.717) is 12.8 Å². The van der Waals surface area contributed by atoms with E-state index in [-0.39, 0.29) is 5.91 Å². The van der Waals surface area contributed by atoms with Gasteiger partial charge in [-0.05, 0) is 31.5 Å². The van der Waals surface area contributed by atoms with E-state index in [0.717, 1.165) is 44.5 Å². The number of hydrogen-bond acceptors (Lipinski definition) is 3. The summed E-state index contributed by atoms with van der Waals surface area (Å²) >= 11 is 0. The van der Waals surface area contributed by atoms with Gasteiger partial charge in [-0.2, -0.15) is 0 Å². The summed E-state index contributed by atoms with van der Waals surface area (Å²) in [6.45, 7) is 1.52. The Morgan fingerprint density at radius 2 is 2.12 bits per heavy atom. The SMILES string of the molecule is NCCCCCCNC(=O)CCc1ccco1. The van der Waals surface area contributed by atoms with Crippen LogP contribution in [0.2, 0.25) is 0 Å². The Bertz CT molecular complexity index is 296. The number of hydrogen-bond donors (Lipinski definition) is 2. The standard InChI is InChI=1S/C13H22N2O2/c14-9-3-1-2-4-10-15-13(16)8-7-12-6-5-11-17-12/h5-6,11H,1-4,7-10,14H2,(H,15,16). The van der Waals surface area contributed by atoms with Gasteiger partial charge in [-0.1, -0.05) is 12.8 Å². The monoisotopic (exact) mass is 238 g/mol. The van der Waals surface area contributed by atoms with Crippen molar-refractivity contribution in [3.63, 3.8) is 0 Å². The number of rotatable bonds is 9. The highest BCUT2D eigenvalue weighted by molar-refractivity contribution is 5.75. The van der Waals surface area contributed by atoms with Crippen LogP contribution in [0.4, 0.5) is 0 Å². The maximum Gasteiger partial charge on any atom is 0.220 e. The lowest BCUT2D eigenvalue weighted by Gasteiger charge is -2.04. The Balaban J connectivity index is 1.94. The summed E-state index contributed by atoms with van der Waals surface area (Å²) in [5.74, 6) is 0.961. The lowest BCUT2D eigenvalue weighted by atomic mass is 10.2. The van der Waals surface area contributed by atoms with Crippen LogP contribution in [0.1, 0.15) is 37.9 Å². The Morgan fingerprint density at radius 3 is 2.82 bits per heavy atom. The van der Waals surface area contributed by atoms with E-state index in [1.54, 1.807) is 6.26 Å². The third kappa shape index (κ3) is 6.79. The molecule has 96 valence electrons. The highest BCUT2D eigenvalue weighted by Gasteiger charge is 2.02. The van der Waals surface area contributed by atoms with Crippen LogP contribution in [-0.2, 0) is 11.2 Å². The molecule has 0 unspecified atom stereocenters. The molecule has 17 heavy (non-hydrogen) atoms. The van der Waals surface area contributed by atoms with Crippen molar-refractivity contribution in [1.29, 1.82) is 0 Å². The third-order valence-corrected chi connectivity index (χ3v) is 2.63. The second-order valence-corrected chi connectivity index (χ2v) is 4.13. The molecule has 1 rings (SSSR count). The zero-order valence-electron chi connectivity index (χ0n) is 10.3. The summed E-state index contributed by atoms with van der Waals surface area (Å²) in [6, 6.07) is 3.73. The highest BCUT2D eigenvalue weighted by atomic mass is 16.3. The van der Waals surface area contributed by atoms with Crippen molar-refractivity contribution in [2.24, 2.45) is 5.73 Å². The van der Waals surface area contributed by atoms with Crippen LogP contribution < -0.4 is 11.1 Å². The Hall–Kier alpha value is -1.29. The van der Waals surface area contributed by atoms with E-state index in [4.69, 9.17) is 10.2 Å². The molecule has 0 aliphatic rings. The topological polar surface area (TPSA) is 68.3 Å². The number of amides is 1. The van der Waals surface area contributed by atoms with Crippen LogP contribution >= 0.6 is 0 Å². The molecule has 0 radical (unpaired) electrons. The van der Waals surface area contributed by atoms with Crippen molar-refractivity contribution >= 4 is 5.91 Å². The fourth-order valence-corrected chi connectivity index (χ4v) is 1.63. The molecule has 0 aliphatic heterocycles. The van der Waals surface area contributed by atoms with Crippen LogP contribution in [0.15, 0.2) is 22.8 Å². The summed E-state index contributed by atoms with van der Waals surface area (Å²) in [5.41, 5.74) is 5.40. The van der Waals surface area contributed by atoms with Crippen LogP contribution in [0.25, 0.3) is 0 Å².